The van der Waals surface area contributed by atoms with Gasteiger partial charge in [-0.05, 0) is 17.7 Å². The molecule has 0 saturated heterocycles. The summed E-state index contributed by atoms with van der Waals surface area (Å²) in [5.74, 6) is 0.0965. The maximum atomic E-state index is 11.4. The van der Waals surface area contributed by atoms with Crippen molar-refractivity contribution in [3.05, 3.63) is 34.1 Å². The summed E-state index contributed by atoms with van der Waals surface area (Å²) in [5, 5.41) is 9.32. The van der Waals surface area contributed by atoms with Crippen LogP contribution < -0.4 is 11.3 Å². The van der Waals surface area contributed by atoms with E-state index in [1.165, 1.54) is 0 Å². The highest BCUT2D eigenvalue weighted by atomic mass is 16.3. The van der Waals surface area contributed by atoms with E-state index in [1.807, 2.05) is 0 Å². The summed E-state index contributed by atoms with van der Waals surface area (Å²) in [6.07, 6.45) is 0. The van der Waals surface area contributed by atoms with Crippen LogP contribution in [0, 0.1) is 0 Å². The van der Waals surface area contributed by atoms with Gasteiger partial charge in [0.1, 0.15) is 0 Å². The van der Waals surface area contributed by atoms with E-state index in [9.17, 15) is 4.79 Å². The van der Waals surface area contributed by atoms with Crippen molar-refractivity contribution in [2.75, 3.05) is 5.73 Å². The van der Waals surface area contributed by atoms with Gasteiger partial charge < -0.3 is 10.8 Å². The van der Waals surface area contributed by atoms with Crippen molar-refractivity contribution in [2.45, 2.75) is 6.61 Å². The van der Waals surface area contributed by atoms with E-state index >= 15 is 0 Å². The average Bonchev–Trinajstić information content (AvgIpc) is 2.17. The summed E-state index contributed by atoms with van der Waals surface area (Å²) >= 11 is 0. The zero-order valence-electron chi connectivity index (χ0n) is 7.32. The summed E-state index contributed by atoms with van der Waals surface area (Å²) < 4.78 is 0. The molecule has 0 unspecified atom stereocenters. The number of benzene rings is 1. The smallest absolute Gasteiger partial charge is 0.260 e. The monoisotopic (exact) mass is 191 g/mol. The van der Waals surface area contributed by atoms with E-state index in [4.69, 9.17) is 10.8 Å². The molecule has 2 rings (SSSR count). The molecule has 0 fully saturated rings. The van der Waals surface area contributed by atoms with E-state index in [0.29, 0.717) is 16.5 Å². The van der Waals surface area contributed by atoms with Crippen LogP contribution in [0.1, 0.15) is 5.56 Å². The zero-order valence-corrected chi connectivity index (χ0v) is 7.32. The SMILES string of the molecule is Nc1nc2ccc(CO)cc2c(=O)[nH]1. The normalized spacial score (nSPS) is 10.6. The summed E-state index contributed by atoms with van der Waals surface area (Å²) in [7, 11) is 0. The maximum Gasteiger partial charge on any atom is 0.260 e. The summed E-state index contributed by atoms with van der Waals surface area (Å²) in [4.78, 5) is 17.8. The average molecular weight is 191 g/mol. The van der Waals surface area contributed by atoms with Crippen LogP contribution in [0.2, 0.25) is 0 Å². The van der Waals surface area contributed by atoms with Gasteiger partial charge in [-0.25, -0.2) is 4.98 Å². The Balaban J connectivity index is 2.82. The minimum Gasteiger partial charge on any atom is -0.392 e. The molecule has 14 heavy (non-hydrogen) atoms. The van der Waals surface area contributed by atoms with Crippen LogP contribution in [0.3, 0.4) is 0 Å². The van der Waals surface area contributed by atoms with Crippen molar-refractivity contribution in [1.29, 1.82) is 0 Å². The number of hydrogen-bond donors (Lipinski definition) is 3. The molecule has 4 N–H and O–H groups in total. The summed E-state index contributed by atoms with van der Waals surface area (Å²) in [6.45, 7) is -0.0975. The number of aliphatic hydroxyl groups is 1. The first-order valence-corrected chi connectivity index (χ1v) is 4.10. The number of H-pyrrole nitrogens is 1. The second-order valence-corrected chi connectivity index (χ2v) is 2.96. The van der Waals surface area contributed by atoms with Crippen LogP contribution in [0.5, 0.6) is 0 Å². The maximum absolute atomic E-state index is 11.4. The largest absolute Gasteiger partial charge is 0.392 e. The van der Waals surface area contributed by atoms with Gasteiger partial charge in [0.15, 0.2) is 0 Å². The lowest BCUT2D eigenvalue weighted by Gasteiger charge is -2.00. The fourth-order valence-corrected chi connectivity index (χ4v) is 1.30. The van der Waals surface area contributed by atoms with E-state index in [1.54, 1.807) is 18.2 Å². The Morgan fingerprint density at radius 2 is 2.29 bits per heavy atom. The Morgan fingerprint density at radius 1 is 1.50 bits per heavy atom. The van der Waals surface area contributed by atoms with Gasteiger partial charge in [-0.3, -0.25) is 9.78 Å². The first-order valence-electron chi connectivity index (χ1n) is 4.10. The molecular weight excluding hydrogens is 182 g/mol. The number of nitrogens with zero attached hydrogens (tertiary/aromatic N) is 1. The van der Waals surface area contributed by atoms with Crippen molar-refractivity contribution < 1.29 is 5.11 Å². The van der Waals surface area contributed by atoms with Gasteiger partial charge in [0.2, 0.25) is 5.95 Å². The molecule has 5 heteroatoms. The second kappa shape index (κ2) is 3.12. The van der Waals surface area contributed by atoms with Crippen molar-refractivity contribution in [1.82, 2.24) is 9.97 Å². The number of aromatic nitrogens is 2. The number of nitrogen functional groups attached to an aromatic ring is 1. The number of hydrogen-bond acceptors (Lipinski definition) is 4. The lowest BCUT2D eigenvalue weighted by molar-refractivity contribution is 0.282. The number of aliphatic hydroxyl groups excluding tert-OH is 1. The predicted octanol–water partition coefficient (Wildman–Crippen LogP) is -0.00240. The van der Waals surface area contributed by atoms with Crippen molar-refractivity contribution in [3.8, 4) is 0 Å². The first kappa shape index (κ1) is 8.71. The van der Waals surface area contributed by atoms with Crippen molar-refractivity contribution >= 4 is 16.9 Å². The third-order valence-electron chi connectivity index (χ3n) is 1.97. The highest BCUT2D eigenvalue weighted by molar-refractivity contribution is 5.79. The van der Waals surface area contributed by atoms with Gasteiger partial charge in [0, 0.05) is 0 Å². The number of anilines is 1. The molecular formula is C9H9N3O2. The Hall–Kier alpha value is -1.88. The second-order valence-electron chi connectivity index (χ2n) is 2.96. The Labute approximate surface area is 79.2 Å². The predicted molar refractivity (Wildman–Crippen MR) is 52.7 cm³/mol. The molecule has 5 nitrogen and oxygen atoms in total. The molecule has 1 aromatic carbocycles. The van der Waals surface area contributed by atoms with E-state index in [0.717, 1.165) is 0 Å². The van der Waals surface area contributed by atoms with Gasteiger partial charge in [0.25, 0.3) is 5.56 Å². The van der Waals surface area contributed by atoms with Gasteiger partial charge >= 0.3 is 0 Å². The quantitative estimate of drug-likeness (QED) is 0.591. The topological polar surface area (TPSA) is 92.0 Å². The highest BCUT2D eigenvalue weighted by Crippen LogP contribution is 2.10. The van der Waals surface area contributed by atoms with Gasteiger partial charge in [-0.15, -0.1) is 0 Å². The molecule has 0 spiro atoms. The molecule has 0 radical (unpaired) electrons. The molecule has 1 heterocycles. The molecule has 0 atom stereocenters. The summed E-state index contributed by atoms with van der Waals surface area (Å²) in [5.41, 5.74) is 6.30. The molecule has 0 amide bonds. The minimum atomic E-state index is -0.289. The number of rotatable bonds is 1. The van der Waals surface area contributed by atoms with Crippen LogP contribution in [-0.2, 0) is 6.61 Å². The van der Waals surface area contributed by atoms with Crippen molar-refractivity contribution in [3.63, 3.8) is 0 Å². The van der Waals surface area contributed by atoms with Crippen LogP contribution in [0.15, 0.2) is 23.0 Å². The van der Waals surface area contributed by atoms with E-state index in [-0.39, 0.29) is 18.1 Å². The standard InChI is InChI=1S/C9H9N3O2/c10-9-11-7-2-1-5(4-13)3-6(7)8(14)12-9/h1-3,13H,4H2,(H3,10,11,12,14). The number of fused-ring (bicyclic) bond motifs is 1. The Bertz CT molecular complexity index is 533. The number of nitrogens with two attached hydrogens (primary N) is 1. The summed E-state index contributed by atoms with van der Waals surface area (Å²) in [6, 6.07) is 4.96. The van der Waals surface area contributed by atoms with Crippen LogP contribution in [0.4, 0.5) is 5.95 Å². The van der Waals surface area contributed by atoms with Gasteiger partial charge in [0.05, 0.1) is 17.5 Å². The molecule has 0 aliphatic carbocycles. The molecule has 0 aliphatic rings. The van der Waals surface area contributed by atoms with E-state index < -0.39 is 0 Å². The minimum absolute atomic E-state index is 0.0965. The third kappa shape index (κ3) is 1.33. The highest BCUT2D eigenvalue weighted by Gasteiger charge is 2.02. The zero-order chi connectivity index (χ0) is 10.1. The van der Waals surface area contributed by atoms with E-state index in [2.05, 4.69) is 9.97 Å². The van der Waals surface area contributed by atoms with Crippen LogP contribution in [-0.4, -0.2) is 15.1 Å². The molecule has 0 bridgehead atoms. The fourth-order valence-electron chi connectivity index (χ4n) is 1.30. The Kier molecular flexibility index (Phi) is 1.94. The lowest BCUT2D eigenvalue weighted by atomic mass is 10.1. The van der Waals surface area contributed by atoms with Crippen LogP contribution in [0.25, 0.3) is 10.9 Å². The van der Waals surface area contributed by atoms with Gasteiger partial charge in [-0.1, -0.05) is 6.07 Å². The number of aromatic amines is 1. The molecule has 0 aliphatic heterocycles. The first-order chi connectivity index (χ1) is 6.70. The number of nitrogens with one attached hydrogen (secondary N) is 1. The lowest BCUT2D eigenvalue weighted by Crippen LogP contribution is -2.11. The fraction of sp³-hybridized carbons (Fsp3) is 0.111. The van der Waals surface area contributed by atoms with Crippen molar-refractivity contribution in [2.24, 2.45) is 0 Å². The third-order valence-corrected chi connectivity index (χ3v) is 1.97. The molecule has 2 aromatic rings. The Morgan fingerprint density at radius 3 is 3.00 bits per heavy atom. The van der Waals surface area contributed by atoms with Crippen LogP contribution >= 0.6 is 0 Å². The molecule has 0 saturated carbocycles. The van der Waals surface area contributed by atoms with Gasteiger partial charge in [-0.2, -0.15) is 0 Å². The molecule has 72 valence electrons. The molecule has 1 aromatic heterocycles.